The van der Waals surface area contributed by atoms with Crippen LogP contribution in [-0.4, -0.2) is 22.6 Å². The minimum absolute atomic E-state index is 0.0347. The predicted octanol–water partition coefficient (Wildman–Crippen LogP) is 3.33. The topological polar surface area (TPSA) is 47.6 Å². The first-order valence-electron chi connectivity index (χ1n) is 7.51. The summed E-state index contributed by atoms with van der Waals surface area (Å²) < 4.78 is 11.8. The highest BCUT2D eigenvalue weighted by atomic mass is 32.2. The van der Waals surface area contributed by atoms with Gasteiger partial charge in [0.15, 0.2) is 11.5 Å². The van der Waals surface area contributed by atoms with Crippen molar-refractivity contribution >= 4 is 34.2 Å². The largest absolute Gasteiger partial charge is 0.493 e. The van der Waals surface area contributed by atoms with Crippen molar-refractivity contribution in [3.05, 3.63) is 59.7 Å². The number of methoxy groups -OCH3 is 1. The molecule has 0 saturated carbocycles. The van der Waals surface area contributed by atoms with E-state index in [1.165, 1.54) is 11.8 Å². The van der Waals surface area contributed by atoms with Crippen LogP contribution < -0.4 is 14.8 Å². The maximum absolute atomic E-state index is 11.8. The Morgan fingerprint density at radius 3 is 2.58 bits per heavy atom. The second-order valence-corrected chi connectivity index (χ2v) is 7.23. The summed E-state index contributed by atoms with van der Waals surface area (Å²) in [6.45, 7) is 0.462. The molecule has 6 heteroatoms. The van der Waals surface area contributed by atoms with Crippen LogP contribution in [0.3, 0.4) is 0 Å². The number of hydrogen-bond acceptors (Lipinski definition) is 5. The molecule has 1 unspecified atom stereocenters. The zero-order valence-corrected chi connectivity index (χ0v) is 14.8. The van der Waals surface area contributed by atoms with Crippen LogP contribution in [0, 0.1) is 0 Å². The van der Waals surface area contributed by atoms with E-state index in [1.807, 2.05) is 48.5 Å². The lowest BCUT2D eigenvalue weighted by Gasteiger charge is -2.13. The lowest BCUT2D eigenvalue weighted by Crippen LogP contribution is -2.25. The SMILES string of the molecule is COc1ccc(CC2SC(=S)NC2=O)cc1OCc1ccccc1. The average molecular weight is 359 g/mol. The fourth-order valence-corrected chi connectivity index (χ4v) is 3.75. The number of amides is 1. The van der Waals surface area contributed by atoms with Gasteiger partial charge in [0, 0.05) is 0 Å². The zero-order valence-electron chi connectivity index (χ0n) is 13.2. The molecule has 1 aliphatic rings. The predicted molar refractivity (Wildman–Crippen MR) is 99.6 cm³/mol. The van der Waals surface area contributed by atoms with E-state index in [4.69, 9.17) is 21.7 Å². The van der Waals surface area contributed by atoms with Crippen LogP contribution in [0.15, 0.2) is 48.5 Å². The molecule has 1 fully saturated rings. The molecule has 0 bridgehead atoms. The Balaban J connectivity index is 1.73. The first kappa shape index (κ1) is 16.8. The monoisotopic (exact) mass is 359 g/mol. The number of hydrogen-bond donors (Lipinski definition) is 1. The number of thiocarbonyl (C=S) groups is 1. The van der Waals surface area contributed by atoms with Crippen molar-refractivity contribution in [2.24, 2.45) is 0 Å². The molecule has 3 rings (SSSR count). The van der Waals surface area contributed by atoms with E-state index in [2.05, 4.69) is 5.32 Å². The molecule has 2 aromatic carbocycles. The van der Waals surface area contributed by atoms with Crippen molar-refractivity contribution in [1.29, 1.82) is 0 Å². The van der Waals surface area contributed by atoms with Crippen molar-refractivity contribution in [3.8, 4) is 11.5 Å². The van der Waals surface area contributed by atoms with Gasteiger partial charge in [-0.25, -0.2) is 0 Å². The highest BCUT2D eigenvalue weighted by Gasteiger charge is 2.29. The van der Waals surface area contributed by atoms with Crippen LogP contribution in [0.1, 0.15) is 11.1 Å². The zero-order chi connectivity index (χ0) is 16.9. The van der Waals surface area contributed by atoms with E-state index in [-0.39, 0.29) is 11.2 Å². The van der Waals surface area contributed by atoms with E-state index >= 15 is 0 Å². The number of carbonyl (C=O) groups is 1. The van der Waals surface area contributed by atoms with Crippen LogP contribution >= 0.6 is 24.0 Å². The van der Waals surface area contributed by atoms with E-state index in [9.17, 15) is 4.79 Å². The van der Waals surface area contributed by atoms with Crippen LogP contribution in [0.5, 0.6) is 11.5 Å². The number of ether oxygens (including phenoxy) is 2. The van der Waals surface area contributed by atoms with Gasteiger partial charge >= 0.3 is 0 Å². The standard InChI is InChI=1S/C18H17NO3S2/c1-21-14-8-7-13(10-16-17(20)19-18(23)24-16)9-15(14)22-11-12-5-3-2-4-6-12/h2-9,16H,10-11H2,1H3,(H,19,20,23). The fraction of sp³-hybridized carbons (Fsp3) is 0.222. The molecule has 24 heavy (non-hydrogen) atoms. The van der Waals surface area contributed by atoms with Gasteiger partial charge in [-0.2, -0.15) is 0 Å². The third-order valence-corrected chi connectivity index (χ3v) is 5.03. The van der Waals surface area contributed by atoms with Gasteiger partial charge in [-0.15, -0.1) is 0 Å². The van der Waals surface area contributed by atoms with Crippen LogP contribution in [0.25, 0.3) is 0 Å². The molecule has 0 aromatic heterocycles. The van der Waals surface area contributed by atoms with E-state index in [0.717, 1.165) is 11.1 Å². The molecule has 0 aliphatic carbocycles. The summed E-state index contributed by atoms with van der Waals surface area (Å²) in [5.74, 6) is 1.31. The van der Waals surface area contributed by atoms with Crippen molar-refractivity contribution < 1.29 is 14.3 Å². The van der Waals surface area contributed by atoms with Gasteiger partial charge in [0.1, 0.15) is 10.9 Å². The molecule has 1 aliphatic heterocycles. The summed E-state index contributed by atoms with van der Waals surface area (Å²) in [4.78, 5) is 11.8. The Bertz CT molecular complexity index is 749. The average Bonchev–Trinajstić information content (AvgIpc) is 2.91. The highest BCUT2D eigenvalue weighted by Crippen LogP contribution is 2.31. The second-order valence-electron chi connectivity index (χ2n) is 5.35. The van der Waals surface area contributed by atoms with Crippen LogP contribution in [-0.2, 0) is 17.8 Å². The van der Waals surface area contributed by atoms with E-state index in [0.29, 0.717) is 28.8 Å². The van der Waals surface area contributed by atoms with Crippen LogP contribution in [0.2, 0.25) is 0 Å². The molecule has 1 amide bonds. The molecule has 2 aromatic rings. The third-order valence-electron chi connectivity index (χ3n) is 3.65. The van der Waals surface area contributed by atoms with Crippen molar-refractivity contribution in [3.63, 3.8) is 0 Å². The number of nitrogens with one attached hydrogen (secondary N) is 1. The Morgan fingerprint density at radius 2 is 1.92 bits per heavy atom. The summed E-state index contributed by atoms with van der Waals surface area (Å²) in [5, 5.41) is 2.48. The van der Waals surface area contributed by atoms with Gasteiger partial charge in [-0.05, 0) is 29.7 Å². The number of carbonyl (C=O) groups excluding carboxylic acids is 1. The summed E-state index contributed by atoms with van der Waals surface area (Å²) in [5.41, 5.74) is 2.09. The smallest absolute Gasteiger partial charge is 0.239 e. The molecule has 1 saturated heterocycles. The Kier molecular flexibility index (Phi) is 5.37. The lowest BCUT2D eigenvalue weighted by molar-refractivity contribution is -0.118. The molecular formula is C18H17NO3S2. The Morgan fingerprint density at radius 1 is 1.12 bits per heavy atom. The summed E-state index contributed by atoms with van der Waals surface area (Å²) >= 11 is 6.43. The molecule has 124 valence electrons. The number of benzene rings is 2. The molecule has 4 nitrogen and oxygen atoms in total. The molecular weight excluding hydrogens is 342 g/mol. The third kappa shape index (κ3) is 4.07. The van der Waals surface area contributed by atoms with Crippen LogP contribution in [0.4, 0.5) is 0 Å². The maximum atomic E-state index is 11.8. The molecule has 0 spiro atoms. The van der Waals surface area contributed by atoms with Crippen molar-refractivity contribution in [1.82, 2.24) is 5.32 Å². The van der Waals surface area contributed by atoms with Gasteiger partial charge in [-0.1, -0.05) is 60.4 Å². The number of rotatable bonds is 6. The van der Waals surface area contributed by atoms with Gasteiger partial charge in [0.2, 0.25) is 5.91 Å². The number of thioether (sulfide) groups is 1. The minimum Gasteiger partial charge on any atom is -0.493 e. The molecule has 1 atom stereocenters. The van der Waals surface area contributed by atoms with Gasteiger partial charge in [0.05, 0.1) is 12.4 Å². The summed E-state index contributed by atoms with van der Waals surface area (Å²) in [6.07, 6.45) is 0.600. The molecule has 1 heterocycles. The first-order valence-corrected chi connectivity index (χ1v) is 8.79. The molecule has 1 N–H and O–H groups in total. The molecule has 0 radical (unpaired) electrons. The van der Waals surface area contributed by atoms with E-state index < -0.39 is 0 Å². The van der Waals surface area contributed by atoms with E-state index in [1.54, 1.807) is 7.11 Å². The fourth-order valence-electron chi connectivity index (χ4n) is 2.44. The second kappa shape index (κ2) is 7.68. The van der Waals surface area contributed by atoms with Gasteiger partial charge in [-0.3, -0.25) is 4.79 Å². The minimum atomic E-state index is -0.187. The maximum Gasteiger partial charge on any atom is 0.239 e. The first-order chi connectivity index (χ1) is 11.7. The van der Waals surface area contributed by atoms with Crippen molar-refractivity contribution in [2.45, 2.75) is 18.3 Å². The Hall–Kier alpha value is -2.05. The quantitative estimate of drug-likeness (QED) is 0.802. The van der Waals surface area contributed by atoms with Crippen molar-refractivity contribution in [2.75, 3.05) is 7.11 Å². The Labute approximate surface area is 150 Å². The normalized spacial score (nSPS) is 16.8. The summed E-state index contributed by atoms with van der Waals surface area (Å²) in [6, 6.07) is 15.7. The summed E-state index contributed by atoms with van der Waals surface area (Å²) in [7, 11) is 1.61. The lowest BCUT2D eigenvalue weighted by atomic mass is 10.1. The van der Waals surface area contributed by atoms with Gasteiger partial charge in [0.25, 0.3) is 0 Å². The van der Waals surface area contributed by atoms with Gasteiger partial charge < -0.3 is 14.8 Å². The highest BCUT2D eigenvalue weighted by molar-refractivity contribution is 8.24.